The Kier molecular flexibility index (Phi) is 8.74. The molecule has 118 valence electrons. The molecule has 0 aromatic heterocycles. The van der Waals surface area contributed by atoms with Gasteiger partial charge in [-0.05, 0) is 18.6 Å². The molecule has 0 unspecified atom stereocenters. The van der Waals surface area contributed by atoms with Gasteiger partial charge in [0, 0.05) is 6.54 Å². The standard InChI is InChI=1S/C12H15F3N4O.HI/c1-2-5-17-12(16)18-6-9(20)19-8-4-3-7(13)10(14)11(8)15;/h3-4H,2,5-6H2,1H3,(H,19,20)(H3,16,17,18);1H. The quantitative estimate of drug-likeness (QED) is 0.297. The van der Waals surface area contributed by atoms with Gasteiger partial charge in [0.1, 0.15) is 6.54 Å². The average molecular weight is 416 g/mol. The summed E-state index contributed by atoms with van der Waals surface area (Å²) in [6.45, 7) is 2.18. The van der Waals surface area contributed by atoms with Gasteiger partial charge in [0.2, 0.25) is 5.91 Å². The van der Waals surface area contributed by atoms with E-state index in [-0.39, 0.29) is 36.5 Å². The number of hydrogen-bond donors (Lipinski definition) is 3. The molecule has 0 atom stereocenters. The number of nitrogens with one attached hydrogen (secondary N) is 2. The first kappa shape index (κ1) is 19.5. The summed E-state index contributed by atoms with van der Waals surface area (Å²) in [6.07, 6.45) is 0.836. The van der Waals surface area contributed by atoms with Crippen molar-refractivity contribution in [3.8, 4) is 0 Å². The predicted molar refractivity (Wildman–Crippen MR) is 85.1 cm³/mol. The van der Waals surface area contributed by atoms with Crippen molar-refractivity contribution in [2.45, 2.75) is 13.3 Å². The number of aliphatic imine (C=N–C) groups is 1. The summed E-state index contributed by atoms with van der Waals surface area (Å²) >= 11 is 0. The van der Waals surface area contributed by atoms with Crippen LogP contribution in [0.15, 0.2) is 17.1 Å². The van der Waals surface area contributed by atoms with E-state index in [1.165, 1.54) is 0 Å². The fourth-order valence-corrected chi connectivity index (χ4v) is 1.28. The van der Waals surface area contributed by atoms with Crippen LogP contribution in [0.25, 0.3) is 0 Å². The van der Waals surface area contributed by atoms with Gasteiger partial charge in [0.25, 0.3) is 0 Å². The minimum atomic E-state index is -1.64. The molecule has 0 radical (unpaired) electrons. The normalized spacial score (nSPS) is 10.8. The molecule has 9 heteroatoms. The summed E-state index contributed by atoms with van der Waals surface area (Å²) in [4.78, 5) is 15.2. The van der Waals surface area contributed by atoms with Crippen LogP contribution < -0.4 is 16.4 Å². The summed E-state index contributed by atoms with van der Waals surface area (Å²) in [5.74, 6) is -5.05. The third kappa shape index (κ3) is 6.19. The fraction of sp³-hybridized carbons (Fsp3) is 0.333. The highest BCUT2D eigenvalue weighted by molar-refractivity contribution is 14.0. The molecule has 1 amide bonds. The van der Waals surface area contributed by atoms with Crippen LogP contribution in [0.1, 0.15) is 13.3 Å². The van der Waals surface area contributed by atoms with Crippen LogP contribution in [-0.4, -0.2) is 25.0 Å². The van der Waals surface area contributed by atoms with Crippen molar-refractivity contribution in [1.29, 1.82) is 0 Å². The van der Waals surface area contributed by atoms with Gasteiger partial charge in [-0.15, -0.1) is 24.0 Å². The van der Waals surface area contributed by atoms with Crippen LogP contribution in [0.3, 0.4) is 0 Å². The maximum absolute atomic E-state index is 13.3. The maximum atomic E-state index is 13.3. The number of anilines is 1. The number of carbonyl (C=O) groups excluding carboxylic acids is 1. The molecule has 1 aromatic rings. The van der Waals surface area contributed by atoms with Crippen molar-refractivity contribution in [3.05, 3.63) is 29.6 Å². The van der Waals surface area contributed by atoms with E-state index in [9.17, 15) is 18.0 Å². The molecule has 1 rings (SSSR count). The maximum Gasteiger partial charge on any atom is 0.246 e. The van der Waals surface area contributed by atoms with Crippen LogP contribution in [0.5, 0.6) is 0 Å². The van der Waals surface area contributed by atoms with Gasteiger partial charge in [-0.1, -0.05) is 6.92 Å². The fourth-order valence-electron chi connectivity index (χ4n) is 1.28. The monoisotopic (exact) mass is 416 g/mol. The van der Waals surface area contributed by atoms with Crippen LogP contribution in [0, 0.1) is 17.5 Å². The number of hydrogen-bond acceptors (Lipinski definition) is 2. The SMILES string of the molecule is CCCNC(N)=NCC(=O)Nc1ccc(F)c(F)c1F.I. The van der Waals surface area contributed by atoms with Crippen LogP contribution >= 0.6 is 24.0 Å². The number of nitrogens with zero attached hydrogens (tertiary/aromatic N) is 1. The zero-order valence-corrected chi connectivity index (χ0v) is 13.6. The Balaban J connectivity index is 0.00000400. The van der Waals surface area contributed by atoms with Crippen molar-refractivity contribution >= 4 is 41.5 Å². The summed E-state index contributed by atoms with van der Waals surface area (Å²) in [7, 11) is 0. The van der Waals surface area contributed by atoms with Crippen LogP contribution in [0.4, 0.5) is 18.9 Å². The van der Waals surface area contributed by atoms with Crippen molar-refractivity contribution in [1.82, 2.24) is 5.32 Å². The van der Waals surface area contributed by atoms with Crippen molar-refractivity contribution < 1.29 is 18.0 Å². The van der Waals surface area contributed by atoms with Gasteiger partial charge in [0.05, 0.1) is 5.69 Å². The molecular weight excluding hydrogens is 400 g/mol. The minimum Gasteiger partial charge on any atom is -0.370 e. The second kappa shape index (κ2) is 9.42. The number of guanidine groups is 1. The van der Waals surface area contributed by atoms with Gasteiger partial charge < -0.3 is 16.4 Å². The van der Waals surface area contributed by atoms with Gasteiger partial charge in [0.15, 0.2) is 23.4 Å². The number of amides is 1. The van der Waals surface area contributed by atoms with Gasteiger partial charge in [-0.2, -0.15) is 0 Å². The Bertz CT molecular complexity index is 525. The minimum absolute atomic E-state index is 0. The molecule has 1 aromatic carbocycles. The van der Waals surface area contributed by atoms with E-state index in [2.05, 4.69) is 15.6 Å². The molecule has 0 spiro atoms. The van der Waals surface area contributed by atoms with Crippen molar-refractivity contribution in [2.75, 3.05) is 18.4 Å². The molecule has 5 nitrogen and oxygen atoms in total. The van der Waals surface area contributed by atoms with E-state index in [1.807, 2.05) is 6.92 Å². The number of benzene rings is 1. The van der Waals surface area contributed by atoms with E-state index in [0.717, 1.165) is 12.5 Å². The second-order valence-electron chi connectivity index (χ2n) is 3.90. The molecule has 0 aliphatic heterocycles. The third-order valence-electron chi connectivity index (χ3n) is 2.26. The Morgan fingerprint density at radius 2 is 1.95 bits per heavy atom. The van der Waals surface area contributed by atoms with E-state index >= 15 is 0 Å². The highest BCUT2D eigenvalue weighted by Gasteiger charge is 2.14. The number of rotatable bonds is 5. The Morgan fingerprint density at radius 1 is 1.29 bits per heavy atom. The van der Waals surface area contributed by atoms with E-state index in [4.69, 9.17) is 5.73 Å². The molecule has 4 N–H and O–H groups in total. The third-order valence-corrected chi connectivity index (χ3v) is 2.26. The molecule has 0 aliphatic rings. The Hall–Kier alpha value is -1.52. The number of nitrogens with two attached hydrogens (primary N) is 1. The molecule has 0 saturated carbocycles. The molecule has 0 saturated heterocycles. The van der Waals surface area contributed by atoms with Crippen LogP contribution in [-0.2, 0) is 4.79 Å². The van der Waals surface area contributed by atoms with Crippen molar-refractivity contribution in [3.63, 3.8) is 0 Å². The van der Waals surface area contributed by atoms with E-state index in [0.29, 0.717) is 12.6 Å². The van der Waals surface area contributed by atoms with E-state index in [1.54, 1.807) is 0 Å². The highest BCUT2D eigenvalue weighted by Crippen LogP contribution is 2.19. The van der Waals surface area contributed by atoms with Crippen molar-refractivity contribution in [2.24, 2.45) is 10.7 Å². The first-order chi connectivity index (χ1) is 9.45. The van der Waals surface area contributed by atoms with Gasteiger partial charge in [-0.25, -0.2) is 18.2 Å². The zero-order valence-electron chi connectivity index (χ0n) is 11.3. The molecule has 0 aliphatic carbocycles. The largest absolute Gasteiger partial charge is 0.370 e. The van der Waals surface area contributed by atoms with E-state index < -0.39 is 29.0 Å². The van der Waals surface area contributed by atoms with Gasteiger partial charge >= 0.3 is 0 Å². The summed E-state index contributed by atoms with van der Waals surface area (Å²) in [5, 5.41) is 4.82. The first-order valence-corrected chi connectivity index (χ1v) is 5.92. The smallest absolute Gasteiger partial charge is 0.246 e. The topological polar surface area (TPSA) is 79.5 Å². The summed E-state index contributed by atoms with van der Waals surface area (Å²) in [6, 6.07) is 1.64. The zero-order chi connectivity index (χ0) is 15.1. The molecule has 21 heavy (non-hydrogen) atoms. The van der Waals surface area contributed by atoms with Crippen LogP contribution in [0.2, 0.25) is 0 Å². The van der Waals surface area contributed by atoms with Gasteiger partial charge in [-0.3, -0.25) is 4.79 Å². The average Bonchev–Trinajstić information content (AvgIpc) is 2.43. The summed E-state index contributed by atoms with van der Waals surface area (Å²) < 4.78 is 38.9. The lowest BCUT2D eigenvalue weighted by molar-refractivity contribution is -0.114. The Morgan fingerprint density at radius 3 is 2.57 bits per heavy atom. The first-order valence-electron chi connectivity index (χ1n) is 5.92. The predicted octanol–water partition coefficient (Wildman–Crippen LogP) is 1.97. The lowest BCUT2D eigenvalue weighted by atomic mass is 10.3. The Labute approximate surface area is 137 Å². The lowest BCUT2D eigenvalue weighted by Crippen LogP contribution is -2.33. The lowest BCUT2D eigenvalue weighted by Gasteiger charge is -2.07. The molecule has 0 bridgehead atoms. The second-order valence-corrected chi connectivity index (χ2v) is 3.90. The number of carbonyl (C=O) groups is 1. The molecular formula is C12H16F3IN4O. The summed E-state index contributed by atoms with van der Waals surface area (Å²) in [5.41, 5.74) is 5.00. The highest BCUT2D eigenvalue weighted by atomic mass is 127. The molecule has 0 fully saturated rings. The number of halogens is 4. The molecule has 0 heterocycles.